The number of amides is 2. The van der Waals surface area contributed by atoms with E-state index in [1.165, 1.54) is 0 Å². The van der Waals surface area contributed by atoms with E-state index in [0.717, 1.165) is 15.7 Å². The van der Waals surface area contributed by atoms with E-state index in [1.54, 1.807) is 12.1 Å². The number of phenolic OH excluding ortho intramolecular Hbond substituents is 3. The molecule has 24 heavy (non-hydrogen) atoms. The number of benzene rings is 2. The second-order valence-electron chi connectivity index (χ2n) is 4.85. The maximum atomic E-state index is 12.0. The summed E-state index contributed by atoms with van der Waals surface area (Å²) in [6, 6.07) is 9.20. The predicted octanol–water partition coefficient (Wildman–Crippen LogP) is 1.57. The van der Waals surface area contributed by atoms with Crippen LogP contribution >= 0.6 is 22.6 Å². The molecule has 2 aromatic carbocycles. The fourth-order valence-corrected chi connectivity index (χ4v) is 2.56. The van der Waals surface area contributed by atoms with Crippen LogP contribution in [-0.2, 0) is 0 Å². The summed E-state index contributed by atoms with van der Waals surface area (Å²) in [7, 11) is 0. The highest BCUT2D eigenvalue weighted by atomic mass is 127. The van der Waals surface area contributed by atoms with Crippen LogP contribution in [0.5, 0.6) is 17.2 Å². The molecule has 0 spiro atoms. The summed E-state index contributed by atoms with van der Waals surface area (Å²) in [5, 5.41) is 33.2. The Hall–Kier alpha value is -2.49. The molecule has 0 aromatic heterocycles. The molecule has 0 bridgehead atoms. The standard InChI is InChI=1S/C16H15IN2O5/c17-11-4-2-1-3-10(11)16(24)19-6-5-18-15(23)9-7-12(20)14(22)13(21)8-9/h1-4,7-8,20-22H,5-6H2,(H,18,23)(H,19,24). The SMILES string of the molecule is O=C(NCCNC(=O)c1ccccc1I)c1cc(O)c(O)c(O)c1. The van der Waals surface area contributed by atoms with E-state index in [9.17, 15) is 24.9 Å². The number of nitrogens with one attached hydrogen (secondary N) is 2. The maximum absolute atomic E-state index is 12.0. The number of hydrogen-bond acceptors (Lipinski definition) is 5. The molecule has 0 heterocycles. The fourth-order valence-electron chi connectivity index (χ4n) is 1.93. The zero-order chi connectivity index (χ0) is 17.7. The highest BCUT2D eigenvalue weighted by Crippen LogP contribution is 2.35. The van der Waals surface area contributed by atoms with Crippen LogP contribution in [0.2, 0.25) is 0 Å². The second kappa shape index (κ2) is 7.86. The zero-order valence-corrected chi connectivity index (χ0v) is 14.6. The van der Waals surface area contributed by atoms with Gasteiger partial charge in [0, 0.05) is 22.2 Å². The summed E-state index contributed by atoms with van der Waals surface area (Å²) in [4.78, 5) is 23.9. The van der Waals surface area contributed by atoms with Crippen LogP contribution in [0.4, 0.5) is 0 Å². The normalized spacial score (nSPS) is 10.2. The first-order valence-corrected chi connectivity index (χ1v) is 8.04. The number of rotatable bonds is 5. The van der Waals surface area contributed by atoms with Crippen molar-refractivity contribution in [3.63, 3.8) is 0 Å². The van der Waals surface area contributed by atoms with E-state index in [2.05, 4.69) is 33.2 Å². The van der Waals surface area contributed by atoms with Crippen LogP contribution in [0.3, 0.4) is 0 Å². The summed E-state index contributed by atoms with van der Waals surface area (Å²) >= 11 is 2.07. The summed E-state index contributed by atoms with van der Waals surface area (Å²) in [5.74, 6) is -2.66. The Morgan fingerprint density at radius 3 is 2.04 bits per heavy atom. The third-order valence-electron chi connectivity index (χ3n) is 3.15. The van der Waals surface area contributed by atoms with Gasteiger partial charge in [0.25, 0.3) is 11.8 Å². The molecule has 0 aliphatic rings. The van der Waals surface area contributed by atoms with Crippen molar-refractivity contribution in [3.05, 3.63) is 51.1 Å². The first kappa shape index (κ1) is 17.9. The van der Waals surface area contributed by atoms with Gasteiger partial charge in [0.05, 0.1) is 5.56 Å². The lowest BCUT2D eigenvalue weighted by Crippen LogP contribution is -2.34. The van der Waals surface area contributed by atoms with Crippen molar-refractivity contribution in [2.24, 2.45) is 0 Å². The average molecular weight is 442 g/mol. The van der Waals surface area contributed by atoms with Crippen LogP contribution in [0.15, 0.2) is 36.4 Å². The minimum atomic E-state index is -0.684. The Kier molecular flexibility index (Phi) is 5.85. The molecule has 126 valence electrons. The molecule has 8 heteroatoms. The lowest BCUT2D eigenvalue weighted by Gasteiger charge is -2.09. The van der Waals surface area contributed by atoms with Crippen LogP contribution in [0.25, 0.3) is 0 Å². The highest BCUT2D eigenvalue weighted by Gasteiger charge is 2.13. The lowest BCUT2D eigenvalue weighted by atomic mass is 10.1. The molecule has 2 amide bonds. The summed E-state index contributed by atoms with van der Waals surface area (Å²) in [6.07, 6.45) is 0. The molecule has 7 nitrogen and oxygen atoms in total. The van der Waals surface area contributed by atoms with Gasteiger partial charge in [-0.05, 0) is 46.9 Å². The number of phenols is 3. The minimum absolute atomic E-state index is 0.00765. The van der Waals surface area contributed by atoms with Crippen molar-refractivity contribution >= 4 is 34.4 Å². The smallest absolute Gasteiger partial charge is 0.252 e. The van der Waals surface area contributed by atoms with Crippen molar-refractivity contribution in [3.8, 4) is 17.2 Å². The maximum Gasteiger partial charge on any atom is 0.252 e. The lowest BCUT2D eigenvalue weighted by molar-refractivity contribution is 0.0927. The van der Waals surface area contributed by atoms with Gasteiger partial charge in [-0.15, -0.1) is 0 Å². The van der Waals surface area contributed by atoms with E-state index >= 15 is 0 Å². The first-order valence-electron chi connectivity index (χ1n) is 6.96. The van der Waals surface area contributed by atoms with E-state index in [4.69, 9.17) is 0 Å². The summed E-state index contributed by atoms with van der Waals surface area (Å²) in [6.45, 7) is 0.377. The molecule has 2 aromatic rings. The van der Waals surface area contributed by atoms with E-state index < -0.39 is 23.2 Å². The average Bonchev–Trinajstić information content (AvgIpc) is 2.56. The van der Waals surface area contributed by atoms with Crippen LogP contribution in [-0.4, -0.2) is 40.2 Å². The molecule has 2 rings (SSSR count). The summed E-state index contributed by atoms with van der Waals surface area (Å²) < 4.78 is 0.826. The molecule has 0 saturated carbocycles. The molecule has 0 saturated heterocycles. The Balaban J connectivity index is 1.85. The first-order chi connectivity index (χ1) is 11.4. The van der Waals surface area contributed by atoms with Gasteiger partial charge in [-0.2, -0.15) is 0 Å². The van der Waals surface area contributed by atoms with Gasteiger partial charge in [-0.3, -0.25) is 9.59 Å². The van der Waals surface area contributed by atoms with Gasteiger partial charge < -0.3 is 26.0 Å². The number of aromatic hydroxyl groups is 3. The Bertz CT molecular complexity index is 756. The predicted molar refractivity (Wildman–Crippen MR) is 95.3 cm³/mol. The molecule has 5 N–H and O–H groups in total. The van der Waals surface area contributed by atoms with Gasteiger partial charge in [0.15, 0.2) is 17.2 Å². The van der Waals surface area contributed by atoms with Crippen molar-refractivity contribution < 1.29 is 24.9 Å². The number of halogens is 1. The van der Waals surface area contributed by atoms with Crippen molar-refractivity contribution in [2.45, 2.75) is 0 Å². The van der Waals surface area contributed by atoms with Gasteiger partial charge in [-0.25, -0.2) is 0 Å². The third kappa shape index (κ3) is 4.28. The van der Waals surface area contributed by atoms with E-state index in [1.807, 2.05) is 12.1 Å². The minimum Gasteiger partial charge on any atom is -0.504 e. The van der Waals surface area contributed by atoms with Crippen LogP contribution in [0.1, 0.15) is 20.7 Å². The van der Waals surface area contributed by atoms with Gasteiger partial charge >= 0.3 is 0 Å². The number of carbonyl (C=O) groups excluding carboxylic acids is 2. The quantitative estimate of drug-likeness (QED) is 0.274. The molecule has 0 atom stereocenters. The van der Waals surface area contributed by atoms with E-state index in [-0.39, 0.29) is 24.6 Å². The van der Waals surface area contributed by atoms with Gasteiger partial charge in [0.1, 0.15) is 0 Å². The fraction of sp³-hybridized carbons (Fsp3) is 0.125. The van der Waals surface area contributed by atoms with Gasteiger partial charge in [0.2, 0.25) is 0 Å². The molecule has 0 unspecified atom stereocenters. The molecule has 0 aliphatic heterocycles. The zero-order valence-electron chi connectivity index (χ0n) is 12.4. The Morgan fingerprint density at radius 1 is 0.917 bits per heavy atom. The Morgan fingerprint density at radius 2 is 1.46 bits per heavy atom. The number of carbonyl (C=O) groups is 2. The van der Waals surface area contributed by atoms with E-state index in [0.29, 0.717) is 5.56 Å². The van der Waals surface area contributed by atoms with Gasteiger partial charge in [-0.1, -0.05) is 12.1 Å². The highest BCUT2D eigenvalue weighted by molar-refractivity contribution is 14.1. The van der Waals surface area contributed by atoms with Crippen molar-refractivity contribution in [2.75, 3.05) is 13.1 Å². The third-order valence-corrected chi connectivity index (χ3v) is 4.09. The monoisotopic (exact) mass is 442 g/mol. The number of hydrogen-bond donors (Lipinski definition) is 5. The molecule has 0 aliphatic carbocycles. The molecular weight excluding hydrogens is 427 g/mol. The second-order valence-corrected chi connectivity index (χ2v) is 6.02. The van der Waals surface area contributed by atoms with Crippen molar-refractivity contribution in [1.29, 1.82) is 0 Å². The van der Waals surface area contributed by atoms with Crippen molar-refractivity contribution in [1.82, 2.24) is 10.6 Å². The molecular formula is C16H15IN2O5. The largest absolute Gasteiger partial charge is 0.504 e. The Labute approximate surface area is 151 Å². The molecule has 0 fully saturated rings. The van der Waals surface area contributed by atoms with Crippen LogP contribution < -0.4 is 10.6 Å². The van der Waals surface area contributed by atoms with Crippen LogP contribution in [0, 0.1) is 3.57 Å². The topological polar surface area (TPSA) is 119 Å². The molecule has 0 radical (unpaired) electrons. The summed E-state index contributed by atoms with van der Waals surface area (Å²) in [5.41, 5.74) is 0.546.